The van der Waals surface area contributed by atoms with Gasteiger partial charge in [0.25, 0.3) is 5.91 Å². The van der Waals surface area contributed by atoms with Crippen LogP contribution >= 0.6 is 0 Å². The Balaban J connectivity index is 1.54. The van der Waals surface area contributed by atoms with Crippen LogP contribution in [0, 0.1) is 0 Å². The van der Waals surface area contributed by atoms with Crippen LogP contribution in [0.15, 0.2) is 89.7 Å². The summed E-state index contributed by atoms with van der Waals surface area (Å²) in [6.45, 7) is 0. The molecule has 0 atom stereocenters. The van der Waals surface area contributed by atoms with Gasteiger partial charge in [-0.05, 0) is 36.4 Å². The Morgan fingerprint density at radius 1 is 0.967 bits per heavy atom. The van der Waals surface area contributed by atoms with Crippen molar-refractivity contribution in [1.29, 1.82) is 0 Å². The molecule has 2 aromatic carbocycles. The van der Waals surface area contributed by atoms with E-state index in [9.17, 15) is 4.79 Å². The zero-order valence-electron chi connectivity index (χ0n) is 15.8. The first-order valence-electron chi connectivity index (χ1n) is 9.34. The molecule has 0 radical (unpaired) electrons. The highest BCUT2D eigenvalue weighted by Crippen LogP contribution is 2.28. The van der Waals surface area contributed by atoms with Gasteiger partial charge < -0.3 is 10.2 Å². The standard InChI is InChI=1S/C23H17N5O2/c24-18-8-3-1-7-16(18)21-14-17(15-6-2-4-9-19(15)25-21)23(29)27-28-12-11-20(26-28)22-10-5-13-30-22/h1-14H,24H2,(H,27,29). The van der Waals surface area contributed by atoms with Gasteiger partial charge in [-0.15, -0.1) is 5.10 Å². The van der Waals surface area contributed by atoms with Gasteiger partial charge in [-0.3, -0.25) is 4.79 Å². The van der Waals surface area contributed by atoms with Gasteiger partial charge >= 0.3 is 0 Å². The van der Waals surface area contributed by atoms with E-state index in [-0.39, 0.29) is 5.91 Å². The van der Waals surface area contributed by atoms with Gasteiger partial charge in [0.15, 0.2) is 5.76 Å². The topological polar surface area (TPSA) is 99.0 Å². The molecule has 0 aliphatic heterocycles. The van der Waals surface area contributed by atoms with E-state index in [1.807, 2.05) is 48.5 Å². The fraction of sp³-hybridized carbons (Fsp3) is 0. The Kier molecular flexibility index (Phi) is 4.25. The molecule has 0 unspecified atom stereocenters. The molecule has 5 rings (SSSR count). The van der Waals surface area contributed by atoms with Crippen LogP contribution in [0.3, 0.4) is 0 Å². The average Bonchev–Trinajstić information content (AvgIpc) is 3.45. The summed E-state index contributed by atoms with van der Waals surface area (Å²) in [5, 5.41) is 5.09. The van der Waals surface area contributed by atoms with Crippen LogP contribution in [-0.4, -0.2) is 20.8 Å². The summed E-state index contributed by atoms with van der Waals surface area (Å²) in [5.74, 6) is 0.317. The Bertz CT molecular complexity index is 1360. The largest absolute Gasteiger partial charge is 0.463 e. The number of amides is 1. The Morgan fingerprint density at radius 3 is 2.63 bits per heavy atom. The number of carbonyl (C=O) groups excluding carboxylic acids is 1. The maximum absolute atomic E-state index is 13.1. The lowest BCUT2D eigenvalue weighted by atomic mass is 10.0. The monoisotopic (exact) mass is 395 g/mol. The number of pyridine rings is 1. The van der Waals surface area contributed by atoms with Crippen LogP contribution in [0.25, 0.3) is 33.6 Å². The summed E-state index contributed by atoms with van der Waals surface area (Å²) in [5.41, 5.74) is 12.7. The Labute approximate surface area is 171 Å². The van der Waals surface area contributed by atoms with Crippen molar-refractivity contribution in [2.24, 2.45) is 0 Å². The molecule has 3 heterocycles. The molecule has 0 fully saturated rings. The number of nitrogens with zero attached hydrogens (tertiary/aromatic N) is 3. The van der Waals surface area contributed by atoms with Crippen molar-refractivity contribution in [3.63, 3.8) is 0 Å². The quantitative estimate of drug-likeness (QED) is 0.442. The van der Waals surface area contributed by atoms with Crippen molar-refractivity contribution < 1.29 is 9.21 Å². The van der Waals surface area contributed by atoms with Crippen LogP contribution in [0.1, 0.15) is 10.4 Å². The minimum Gasteiger partial charge on any atom is -0.463 e. The Hall–Kier alpha value is -4.39. The predicted molar refractivity (Wildman–Crippen MR) is 115 cm³/mol. The molecule has 0 saturated carbocycles. The van der Waals surface area contributed by atoms with E-state index in [0.29, 0.717) is 33.9 Å². The molecule has 5 aromatic rings. The second-order valence-electron chi connectivity index (χ2n) is 6.72. The normalized spacial score (nSPS) is 10.9. The number of rotatable bonds is 4. The molecular weight excluding hydrogens is 378 g/mol. The number of aromatic nitrogens is 3. The summed E-state index contributed by atoms with van der Waals surface area (Å²) >= 11 is 0. The molecule has 0 saturated heterocycles. The van der Waals surface area contributed by atoms with Gasteiger partial charge in [0.2, 0.25) is 0 Å². The summed E-state index contributed by atoms with van der Waals surface area (Å²) < 4.78 is 5.35. The predicted octanol–water partition coefficient (Wildman–Crippen LogP) is 4.32. The zero-order chi connectivity index (χ0) is 20.5. The second kappa shape index (κ2) is 7.21. The number of hydrogen-bond donors (Lipinski definition) is 2. The maximum atomic E-state index is 13.1. The van der Waals surface area contributed by atoms with Crippen LogP contribution in [-0.2, 0) is 0 Å². The molecule has 146 valence electrons. The van der Waals surface area contributed by atoms with Crippen molar-refractivity contribution in [1.82, 2.24) is 14.9 Å². The average molecular weight is 395 g/mol. The fourth-order valence-corrected chi connectivity index (χ4v) is 3.34. The number of nitrogen functional groups attached to an aromatic ring is 1. The van der Waals surface area contributed by atoms with Gasteiger partial charge in [0.05, 0.1) is 23.0 Å². The fourth-order valence-electron chi connectivity index (χ4n) is 3.34. The van der Waals surface area contributed by atoms with E-state index in [1.165, 1.54) is 4.79 Å². The first kappa shape index (κ1) is 17.7. The van der Waals surface area contributed by atoms with Crippen LogP contribution in [0.2, 0.25) is 0 Å². The highest BCUT2D eigenvalue weighted by Gasteiger charge is 2.16. The van der Waals surface area contributed by atoms with Crippen molar-refractivity contribution in [2.45, 2.75) is 0 Å². The molecule has 3 aromatic heterocycles. The molecule has 0 aliphatic rings. The van der Waals surface area contributed by atoms with E-state index in [0.717, 1.165) is 10.9 Å². The number of hydrogen-bond acceptors (Lipinski definition) is 5. The summed E-state index contributed by atoms with van der Waals surface area (Å²) in [6.07, 6.45) is 3.24. The molecule has 1 amide bonds. The lowest BCUT2D eigenvalue weighted by molar-refractivity contribution is 0.101. The number of fused-ring (bicyclic) bond motifs is 1. The van der Waals surface area contributed by atoms with E-state index in [1.54, 1.807) is 36.7 Å². The second-order valence-corrected chi connectivity index (χ2v) is 6.72. The summed E-state index contributed by atoms with van der Waals surface area (Å²) in [4.78, 5) is 19.2. The minimum atomic E-state index is -0.307. The summed E-state index contributed by atoms with van der Waals surface area (Å²) in [7, 11) is 0. The van der Waals surface area contributed by atoms with Crippen molar-refractivity contribution in [3.8, 4) is 22.7 Å². The molecule has 3 N–H and O–H groups in total. The van der Waals surface area contributed by atoms with E-state index in [2.05, 4.69) is 10.5 Å². The molecule has 0 spiro atoms. The van der Waals surface area contributed by atoms with Crippen molar-refractivity contribution >= 4 is 22.5 Å². The third kappa shape index (κ3) is 3.18. The minimum absolute atomic E-state index is 0.307. The number of furan rings is 1. The SMILES string of the molecule is Nc1ccccc1-c1cc(C(=O)Nn2ccc(-c3ccco3)n2)c2ccccc2n1. The number of nitrogens with one attached hydrogen (secondary N) is 1. The third-order valence-corrected chi connectivity index (χ3v) is 4.78. The highest BCUT2D eigenvalue weighted by atomic mass is 16.3. The van der Waals surface area contributed by atoms with Crippen molar-refractivity contribution in [3.05, 3.63) is 90.8 Å². The first-order chi connectivity index (χ1) is 14.7. The lowest BCUT2D eigenvalue weighted by Crippen LogP contribution is -2.23. The third-order valence-electron chi connectivity index (χ3n) is 4.78. The number of nitrogens with two attached hydrogens (primary N) is 1. The number of para-hydroxylation sites is 2. The molecule has 0 bridgehead atoms. The highest BCUT2D eigenvalue weighted by molar-refractivity contribution is 6.10. The summed E-state index contributed by atoms with van der Waals surface area (Å²) in [6, 6.07) is 22.1. The zero-order valence-corrected chi connectivity index (χ0v) is 15.8. The number of carbonyl (C=O) groups is 1. The van der Waals surface area contributed by atoms with Crippen LogP contribution in [0.4, 0.5) is 5.69 Å². The van der Waals surface area contributed by atoms with Crippen molar-refractivity contribution in [2.75, 3.05) is 11.2 Å². The Morgan fingerprint density at radius 2 is 1.80 bits per heavy atom. The van der Waals surface area contributed by atoms with Crippen LogP contribution in [0.5, 0.6) is 0 Å². The molecule has 7 nitrogen and oxygen atoms in total. The molecule has 30 heavy (non-hydrogen) atoms. The van der Waals surface area contributed by atoms with Gasteiger partial charge in [-0.2, -0.15) is 4.79 Å². The van der Waals surface area contributed by atoms with Gasteiger partial charge in [0, 0.05) is 22.8 Å². The number of anilines is 1. The van der Waals surface area contributed by atoms with Crippen LogP contribution < -0.4 is 11.2 Å². The first-order valence-corrected chi connectivity index (χ1v) is 9.34. The molecular formula is C23H17N5O2. The molecule has 0 aliphatic carbocycles. The maximum Gasteiger partial charge on any atom is 0.272 e. The van der Waals surface area contributed by atoms with Gasteiger partial charge in [-0.1, -0.05) is 36.4 Å². The van der Waals surface area contributed by atoms with E-state index < -0.39 is 0 Å². The van der Waals surface area contributed by atoms with E-state index >= 15 is 0 Å². The molecule has 7 heteroatoms. The smallest absolute Gasteiger partial charge is 0.272 e. The van der Waals surface area contributed by atoms with Gasteiger partial charge in [-0.25, -0.2) is 10.4 Å². The van der Waals surface area contributed by atoms with E-state index in [4.69, 9.17) is 15.1 Å². The van der Waals surface area contributed by atoms with Gasteiger partial charge in [0.1, 0.15) is 5.69 Å². The number of benzene rings is 2. The lowest BCUT2D eigenvalue weighted by Gasteiger charge is -2.11.